The van der Waals surface area contributed by atoms with Crippen LogP contribution in [0.5, 0.6) is 0 Å². The Morgan fingerprint density at radius 1 is 1.54 bits per heavy atom. The molecule has 2 unspecified atom stereocenters. The zero-order valence-corrected chi connectivity index (χ0v) is 8.16. The first-order valence-corrected chi connectivity index (χ1v) is 4.93. The van der Waals surface area contributed by atoms with Crippen molar-refractivity contribution in [3.63, 3.8) is 0 Å². The van der Waals surface area contributed by atoms with Crippen molar-refractivity contribution in [1.82, 2.24) is 0 Å². The molecule has 0 aromatic rings. The molecule has 3 heteroatoms. The molecule has 0 aromatic heterocycles. The van der Waals surface area contributed by atoms with Gasteiger partial charge in [0.15, 0.2) is 0 Å². The van der Waals surface area contributed by atoms with Crippen molar-refractivity contribution >= 4 is 6.08 Å². The highest BCUT2D eigenvalue weighted by atomic mass is 16.5. The Balaban J connectivity index is 2.21. The Kier molecular flexibility index (Phi) is 4.73. The molecule has 1 aliphatic rings. The third-order valence-corrected chi connectivity index (χ3v) is 2.78. The molecular formula is C10H17NO2. The van der Waals surface area contributed by atoms with Gasteiger partial charge in [0.25, 0.3) is 0 Å². The molecule has 0 heterocycles. The van der Waals surface area contributed by atoms with Crippen LogP contribution in [0.1, 0.15) is 32.1 Å². The topological polar surface area (TPSA) is 38.7 Å². The summed E-state index contributed by atoms with van der Waals surface area (Å²) in [4.78, 5) is 13.4. The smallest absolute Gasteiger partial charge is 0.234 e. The van der Waals surface area contributed by atoms with Gasteiger partial charge >= 0.3 is 0 Å². The molecule has 1 rings (SSSR count). The molecule has 0 N–H and O–H groups in total. The van der Waals surface area contributed by atoms with Crippen molar-refractivity contribution in [1.29, 1.82) is 0 Å². The molecule has 0 bridgehead atoms. The molecule has 0 radical (unpaired) electrons. The van der Waals surface area contributed by atoms with Crippen molar-refractivity contribution < 1.29 is 9.53 Å². The average molecular weight is 183 g/mol. The molecule has 0 amide bonds. The summed E-state index contributed by atoms with van der Waals surface area (Å²) in [7, 11) is 1.77. The number of rotatable bonds is 4. The minimum atomic E-state index is 0.430. The highest BCUT2D eigenvalue weighted by molar-refractivity contribution is 5.32. The summed E-state index contributed by atoms with van der Waals surface area (Å²) in [6.07, 6.45) is 7.83. The maximum atomic E-state index is 9.85. The Labute approximate surface area is 79.2 Å². The number of isocyanates is 1. The molecule has 1 aliphatic carbocycles. The van der Waals surface area contributed by atoms with Crippen LogP contribution in [0.25, 0.3) is 0 Å². The maximum Gasteiger partial charge on any atom is 0.234 e. The highest BCUT2D eigenvalue weighted by Gasteiger charge is 2.20. The lowest BCUT2D eigenvalue weighted by molar-refractivity contribution is 0.0496. The lowest BCUT2D eigenvalue weighted by Gasteiger charge is -2.27. The van der Waals surface area contributed by atoms with Gasteiger partial charge in [-0.3, -0.25) is 0 Å². The van der Waals surface area contributed by atoms with Crippen LogP contribution in [0.3, 0.4) is 0 Å². The SMILES string of the molecule is COC1CCCC(CCN=C=O)C1. The largest absolute Gasteiger partial charge is 0.381 e. The summed E-state index contributed by atoms with van der Waals surface area (Å²) in [6, 6.07) is 0. The first-order chi connectivity index (χ1) is 6.36. The average Bonchev–Trinajstić information content (AvgIpc) is 2.19. The van der Waals surface area contributed by atoms with E-state index < -0.39 is 0 Å². The molecule has 3 nitrogen and oxygen atoms in total. The summed E-state index contributed by atoms with van der Waals surface area (Å²) in [5.41, 5.74) is 0. The summed E-state index contributed by atoms with van der Waals surface area (Å²) in [5.74, 6) is 0.691. The molecule has 0 saturated heterocycles. The fraction of sp³-hybridized carbons (Fsp3) is 0.900. The summed E-state index contributed by atoms with van der Waals surface area (Å²) >= 11 is 0. The molecule has 0 spiro atoms. The number of methoxy groups -OCH3 is 1. The molecule has 1 saturated carbocycles. The molecule has 2 atom stereocenters. The third-order valence-electron chi connectivity index (χ3n) is 2.78. The monoisotopic (exact) mass is 183 g/mol. The quantitative estimate of drug-likeness (QED) is 0.493. The second-order valence-corrected chi connectivity index (χ2v) is 3.65. The third kappa shape index (κ3) is 3.71. The number of nitrogens with zero attached hydrogens (tertiary/aromatic N) is 1. The summed E-state index contributed by atoms with van der Waals surface area (Å²) < 4.78 is 5.32. The van der Waals surface area contributed by atoms with E-state index in [-0.39, 0.29) is 0 Å². The van der Waals surface area contributed by atoms with Gasteiger partial charge in [-0.15, -0.1) is 0 Å². The van der Waals surface area contributed by atoms with Crippen LogP contribution < -0.4 is 0 Å². The van der Waals surface area contributed by atoms with E-state index in [1.54, 1.807) is 13.2 Å². The predicted molar refractivity (Wildman–Crippen MR) is 50.4 cm³/mol. The second-order valence-electron chi connectivity index (χ2n) is 3.65. The molecule has 0 aromatic carbocycles. The van der Waals surface area contributed by atoms with Gasteiger partial charge in [-0.2, -0.15) is 0 Å². The lowest BCUT2D eigenvalue weighted by atomic mass is 9.85. The van der Waals surface area contributed by atoms with Crippen LogP contribution in [0, 0.1) is 5.92 Å². The van der Waals surface area contributed by atoms with Gasteiger partial charge in [0.2, 0.25) is 6.08 Å². The van der Waals surface area contributed by atoms with Crippen LogP contribution in [0.15, 0.2) is 4.99 Å². The maximum absolute atomic E-state index is 9.85. The lowest BCUT2D eigenvalue weighted by Crippen LogP contribution is -2.22. The molecule has 74 valence electrons. The van der Waals surface area contributed by atoms with Crippen LogP contribution in [-0.4, -0.2) is 25.8 Å². The van der Waals surface area contributed by atoms with E-state index in [1.165, 1.54) is 19.3 Å². The molecule has 13 heavy (non-hydrogen) atoms. The molecule has 1 fully saturated rings. The van der Waals surface area contributed by atoms with Crippen LogP contribution in [0.2, 0.25) is 0 Å². The Bertz CT molecular complexity index is 187. The van der Waals surface area contributed by atoms with Gasteiger partial charge in [-0.1, -0.05) is 12.8 Å². The number of hydrogen-bond acceptors (Lipinski definition) is 3. The van der Waals surface area contributed by atoms with Crippen molar-refractivity contribution in [3.05, 3.63) is 0 Å². The zero-order chi connectivity index (χ0) is 9.52. The summed E-state index contributed by atoms with van der Waals surface area (Å²) in [6.45, 7) is 0.630. The van der Waals surface area contributed by atoms with Gasteiger partial charge in [-0.25, -0.2) is 9.79 Å². The fourth-order valence-corrected chi connectivity index (χ4v) is 2.01. The van der Waals surface area contributed by atoms with E-state index in [0.717, 1.165) is 12.8 Å². The minimum Gasteiger partial charge on any atom is -0.381 e. The van der Waals surface area contributed by atoms with Gasteiger partial charge in [0.05, 0.1) is 12.6 Å². The van der Waals surface area contributed by atoms with Crippen LogP contribution in [-0.2, 0) is 9.53 Å². The Morgan fingerprint density at radius 3 is 3.08 bits per heavy atom. The highest BCUT2D eigenvalue weighted by Crippen LogP contribution is 2.28. The van der Waals surface area contributed by atoms with Crippen molar-refractivity contribution in [2.75, 3.05) is 13.7 Å². The van der Waals surface area contributed by atoms with Crippen molar-refractivity contribution in [2.24, 2.45) is 10.9 Å². The normalized spacial score (nSPS) is 28.1. The van der Waals surface area contributed by atoms with Gasteiger partial charge in [0, 0.05) is 7.11 Å². The van der Waals surface area contributed by atoms with E-state index in [4.69, 9.17) is 4.74 Å². The van der Waals surface area contributed by atoms with Gasteiger partial charge < -0.3 is 4.74 Å². The second kappa shape index (κ2) is 5.90. The first kappa shape index (κ1) is 10.4. The van der Waals surface area contributed by atoms with Crippen molar-refractivity contribution in [2.45, 2.75) is 38.2 Å². The van der Waals surface area contributed by atoms with Crippen LogP contribution >= 0.6 is 0 Å². The van der Waals surface area contributed by atoms with E-state index in [0.29, 0.717) is 18.6 Å². The minimum absolute atomic E-state index is 0.430. The standard InChI is InChI=1S/C10H17NO2/c1-13-10-4-2-3-9(7-10)5-6-11-8-12/h9-10H,2-7H2,1H3. The zero-order valence-electron chi connectivity index (χ0n) is 8.16. The molecular weight excluding hydrogens is 166 g/mol. The van der Waals surface area contributed by atoms with E-state index in [1.807, 2.05) is 0 Å². The molecule has 0 aliphatic heterocycles. The number of aliphatic imine (C=N–C) groups is 1. The van der Waals surface area contributed by atoms with Crippen molar-refractivity contribution in [3.8, 4) is 0 Å². The van der Waals surface area contributed by atoms with E-state index >= 15 is 0 Å². The van der Waals surface area contributed by atoms with Gasteiger partial charge in [-0.05, 0) is 25.2 Å². The number of hydrogen-bond donors (Lipinski definition) is 0. The first-order valence-electron chi connectivity index (χ1n) is 4.93. The Morgan fingerprint density at radius 2 is 2.38 bits per heavy atom. The van der Waals surface area contributed by atoms with Gasteiger partial charge in [0.1, 0.15) is 0 Å². The Hall–Kier alpha value is -0.660. The number of carbonyl (C=O) groups excluding carboxylic acids is 1. The number of ether oxygens (including phenoxy) is 1. The fourth-order valence-electron chi connectivity index (χ4n) is 2.01. The summed E-state index contributed by atoms with van der Waals surface area (Å²) in [5, 5.41) is 0. The van der Waals surface area contributed by atoms with E-state index in [2.05, 4.69) is 4.99 Å². The predicted octanol–water partition coefficient (Wildman–Crippen LogP) is 1.92. The van der Waals surface area contributed by atoms with Crippen LogP contribution in [0.4, 0.5) is 0 Å². The van der Waals surface area contributed by atoms with E-state index in [9.17, 15) is 4.79 Å².